The zero-order chi connectivity index (χ0) is 18.1. The average Bonchev–Trinajstić information content (AvgIpc) is 3.25. The van der Waals surface area contributed by atoms with Crippen LogP contribution in [0.4, 0.5) is 5.69 Å². The second-order valence-corrected chi connectivity index (χ2v) is 7.85. The molecule has 6 heteroatoms. The van der Waals surface area contributed by atoms with Crippen molar-refractivity contribution < 1.29 is 4.74 Å². The Kier molecular flexibility index (Phi) is 4.61. The van der Waals surface area contributed by atoms with Gasteiger partial charge in [0.1, 0.15) is 5.75 Å². The third-order valence-corrected chi connectivity index (χ3v) is 5.89. The van der Waals surface area contributed by atoms with Crippen molar-refractivity contribution in [3.63, 3.8) is 0 Å². The lowest BCUT2D eigenvalue weighted by molar-refractivity contribution is 0.415. The number of methoxy groups -OCH3 is 1. The van der Waals surface area contributed by atoms with E-state index in [0.29, 0.717) is 5.11 Å². The van der Waals surface area contributed by atoms with Crippen LogP contribution in [0.5, 0.6) is 5.75 Å². The summed E-state index contributed by atoms with van der Waals surface area (Å²) in [6.07, 6.45) is 1.83. The lowest BCUT2D eigenvalue weighted by atomic mass is 10.0. The van der Waals surface area contributed by atoms with E-state index in [4.69, 9.17) is 17.0 Å². The highest BCUT2D eigenvalue weighted by molar-refractivity contribution is 7.80. The fraction of sp³-hybridized carbons (Fsp3) is 0.200. The van der Waals surface area contributed by atoms with Gasteiger partial charge in [-0.25, -0.2) is 0 Å². The molecule has 26 heavy (non-hydrogen) atoms. The molecule has 2 atom stereocenters. The van der Waals surface area contributed by atoms with E-state index in [1.807, 2.05) is 48.7 Å². The van der Waals surface area contributed by atoms with Gasteiger partial charge in [0.25, 0.3) is 0 Å². The van der Waals surface area contributed by atoms with Crippen molar-refractivity contribution in [1.29, 1.82) is 0 Å². The maximum atomic E-state index is 5.71. The van der Waals surface area contributed by atoms with Crippen LogP contribution in [0, 0.1) is 6.92 Å². The molecule has 0 bridgehead atoms. The Bertz CT molecular complexity index is 908. The highest BCUT2D eigenvalue weighted by Crippen LogP contribution is 2.43. The Balaban J connectivity index is 1.79. The van der Waals surface area contributed by atoms with Gasteiger partial charge in [0.2, 0.25) is 0 Å². The molecule has 4 nitrogen and oxygen atoms in total. The number of hydrogen-bond donors (Lipinski definition) is 1. The van der Waals surface area contributed by atoms with E-state index in [1.54, 1.807) is 18.4 Å². The van der Waals surface area contributed by atoms with Crippen LogP contribution in [0.1, 0.15) is 27.5 Å². The Hall–Kier alpha value is -2.44. The number of pyridine rings is 1. The molecule has 1 aliphatic heterocycles. The van der Waals surface area contributed by atoms with Crippen LogP contribution in [0.2, 0.25) is 0 Å². The fourth-order valence-electron chi connectivity index (χ4n) is 3.28. The first kappa shape index (κ1) is 17.0. The van der Waals surface area contributed by atoms with Crippen LogP contribution in [0.25, 0.3) is 0 Å². The highest BCUT2D eigenvalue weighted by Gasteiger charge is 2.41. The summed E-state index contributed by atoms with van der Waals surface area (Å²) in [6.45, 7) is 2.13. The molecule has 3 aromatic rings. The van der Waals surface area contributed by atoms with Gasteiger partial charge >= 0.3 is 0 Å². The maximum absolute atomic E-state index is 5.71. The maximum Gasteiger partial charge on any atom is 0.174 e. The topological polar surface area (TPSA) is 37.4 Å². The predicted octanol–water partition coefficient (Wildman–Crippen LogP) is 4.64. The van der Waals surface area contributed by atoms with E-state index in [9.17, 15) is 0 Å². The molecule has 0 unspecified atom stereocenters. The Morgan fingerprint density at radius 2 is 1.92 bits per heavy atom. The van der Waals surface area contributed by atoms with Gasteiger partial charge in [0, 0.05) is 21.6 Å². The third-order valence-electron chi connectivity index (χ3n) is 4.50. The minimum Gasteiger partial charge on any atom is -0.497 e. The van der Waals surface area contributed by atoms with E-state index in [0.717, 1.165) is 17.1 Å². The Morgan fingerprint density at radius 3 is 2.54 bits per heavy atom. The van der Waals surface area contributed by atoms with E-state index in [1.165, 1.54) is 9.75 Å². The quantitative estimate of drug-likeness (QED) is 0.667. The number of thiophene rings is 1. The fourth-order valence-corrected chi connectivity index (χ4v) is 4.63. The molecule has 0 amide bonds. The average molecular weight is 382 g/mol. The number of hydrogen-bond acceptors (Lipinski definition) is 4. The van der Waals surface area contributed by atoms with E-state index in [2.05, 4.69) is 34.3 Å². The molecule has 1 aliphatic rings. The minimum absolute atomic E-state index is 0.00357. The van der Waals surface area contributed by atoms with Gasteiger partial charge in [0.05, 0.1) is 24.9 Å². The number of ether oxygens (including phenoxy) is 1. The summed E-state index contributed by atoms with van der Waals surface area (Å²) < 4.78 is 5.29. The summed E-state index contributed by atoms with van der Waals surface area (Å²) in [5.41, 5.74) is 2.03. The van der Waals surface area contributed by atoms with Crippen molar-refractivity contribution in [3.05, 3.63) is 76.2 Å². The second-order valence-electron chi connectivity index (χ2n) is 6.14. The monoisotopic (exact) mass is 381 g/mol. The molecule has 2 aromatic heterocycles. The molecule has 0 spiro atoms. The highest BCUT2D eigenvalue weighted by atomic mass is 32.1. The number of benzene rings is 1. The van der Waals surface area contributed by atoms with Crippen molar-refractivity contribution in [2.45, 2.75) is 19.0 Å². The van der Waals surface area contributed by atoms with Gasteiger partial charge in [0.15, 0.2) is 5.11 Å². The van der Waals surface area contributed by atoms with Crippen molar-refractivity contribution in [3.8, 4) is 5.75 Å². The number of aromatic nitrogens is 1. The van der Waals surface area contributed by atoms with Crippen molar-refractivity contribution in [2.24, 2.45) is 0 Å². The van der Waals surface area contributed by atoms with Crippen LogP contribution in [-0.4, -0.2) is 17.2 Å². The minimum atomic E-state index is 0.00357. The van der Waals surface area contributed by atoms with Crippen molar-refractivity contribution in [1.82, 2.24) is 10.3 Å². The Labute approximate surface area is 162 Å². The molecule has 3 heterocycles. The molecule has 1 N–H and O–H groups in total. The molecule has 0 saturated carbocycles. The molecule has 1 fully saturated rings. The van der Waals surface area contributed by atoms with E-state index < -0.39 is 0 Å². The van der Waals surface area contributed by atoms with Crippen LogP contribution < -0.4 is 15.0 Å². The first-order valence-electron chi connectivity index (χ1n) is 8.38. The number of nitrogens with one attached hydrogen (secondary N) is 1. The first-order valence-corrected chi connectivity index (χ1v) is 9.61. The zero-order valence-electron chi connectivity index (χ0n) is 14.5. The molecule has 132 valence electrons. The number of aryl methyl sites for hydroxylation is 1. The molecule has 0 aliphatic carbocycles. The molecular formula is C20H19N3OS2. The van der Waals surface area contributed by atoms with Crippen LogP contribution in [0.3, 0.4) is 0 Å². The second kappa shape index (κ2) is 7.05. The number of nitrogens with zero attached hydrogens (tertiary/aromatic N) is 2. The summed E-state index contributed by atoms with van der Waals surface area (Å²) in [5.74, 6) is 0.830. The van der Waals surface area contributed by atoms with Gasteiger partial charge in [-0.3, -0.25) is 4.98 Å². The number of rotatable bonds is 4. The molecule has 1 aromatic carbocycles. The molecular weight excluding hydrogens is 362 g/mol. The lowest BCUT2D eigenvalue weighted by Gasteiger charge is -2.27. The van der Waals surface area contributed by atoms with Crippen molar-refractivity contribution in [2.75, 3.05) is 12.0 Å². The summed E-state index contributed by atoms with van der Waals surface area (Å²) in [7, 11) is 1.67. The van der Waals surface area contributed by atoms with Gasteiger partial charge in [-0.15, -0.1) is 11.3 Å². The van der Waals surface area contributed by atoms with E-state index in [-0.39, 0.29) is 12.1 Å². The Morgan fingerprint density at radius 1 is 1.12 bits per heavy atom. The normalized spacial score (nSPS) is 19.5. The summed E-state index contributed by atoms with van der Waals surface area (Å²) in [5, 5.41) is 4.19. The number of anilines is 1. The SMILES string of the molecule is COc1ccc(N2C(=S)N[C@H](c3ccccn3)[C@@H]2c2ccc(C)s2)cc1. The summed E-state index contributed by atoms with van der Waals surface area (Å²) in [4.78, 5) is 9.30. The zero-order valence-corrected chi connectivity index (χ0v) is 16.2. The summed E-state index contributed by atoms with van der Waals surface area (Å²) in [6, 6.07) is 18.4. The standard InChI is InChI=1S/C20H19N3OS2/c1-13-6-11-17(26-13)19-18(16-5-3-4-12-21-16)22-20(25)23(19)14-7-9-15(24-2)10-8-14/h3-12,18-19H,1-2H3,(H,22,25)/t18-,19+/m1/s1. The summed E-state index contributed by atoms with van der Waals surface area (Å²) >= 11 is 7.50. The van der Waals surface area contributed by atoms with Gasteiger partial charge in [-0.05, 0) is 67.7 Å². The predicted molar refractivity (Wildman–Crippen MR) is 110 cm³/mol. The van der Waals surface area contributed by atoms with Crippen LogP contribution in [-0.2, 0) is 0 Å². The van der Waals surface area contributed by atoms with Gasteiger partial charge < -0.3 is 15.0 Å². The van der Waals surface area contributed by atoms with Crippen molar-refractivity contribution >= 4 is 34.4 Å². The van der Waals surface area contributed by atoms with Crippen LogP contribution >= 0.6 is 23.6 Å². The molecule has 4 rings (SSSR count). The molecule has 0 radical (unpaired) electrons. The third kappa shape index (κ3) is 3.06. The van der Waals surface area contributed by atoms with E-state index >= 15 is 0 Å². The lowest BCUT2D eigenvalue weighted by Crippen LogP contribution is -2.28. The van der Waals surface area contributed by atoms with Gasteiger partial charge in [-0.2, -0.15) is 0 Å². The number of thiocarbonyl (C=S) groups is 1. The first-order chi connectivity index (χ1) is 12.7. The van der Waals surface area contributed by atoms with Gasteiger partial charge in [-0.1, -0.05) is 6.07 Å². The van der Waals surface area contributed by atoms with Crippen LogP contribution in [0.15, 0.2) is 60.8 Å². The molecule has 1 saturated heterocycles. The largest absolute Gasteiger partial charge is 0.497 e. The smallest absolute Gasteiger partial charge is 0.174 e.